The van der Waals surface area contributed by atoms with E-state index in [-0.39, 0.29) is 0 Å². The van der Waals surface area contributed by atoms with Gasteiger partial charge in [0.15, 0.2) is 0 Å². The molecule has 0 saturated carbocycles. The summed E-state index contributed by atoms with van der Waals surface area (Å²) in [6.07, 6.45) is 2.56. The fourth-order valence-electron chi connectivity index (χ4n) is 3.20. The third-order valence-electron chi connectivity index (χ3n) is 4.31. The van der Waals surface area contributed by atoms with E-state index < -0.39 is 0 Å². The number of aromatic nitrogens is 2. The van der Waals surface area contributed by atoms with Crippen LogP contribution in [0.15, 0.2) is 23.7 Å². The predicted molar refractivity (Wildman–Crippen MR) is 94.7 cm³/mol. The van der Waals surface area contributed by atoms with E-state index in [2.05, 4.69) is 58.7 Å². The second-order valence-electron chi connectivity index (χ2n) is 6.44. The third-order valence-corrected chi connectivity index (χ3v) is 5.20. The van der Waals surface area contributed by atoms with Crippen LogP contribution in [0.5, 0.6) is 0 Å². The van der Waals surface area contributed by atoms with Crippen LogP contribution >= 0.6 is 11.3 Å². The van der Waals surface area contributed by atoms with Crippen LogP contribution in [0.4, 0.5) is 0 Å². The fourth-order valence-corrected chi connectivity index (χ4v) is 3.96. The van der Waals surface area contributed by atoms with E-state index in [9.17, 15) is 0 Å². The summed E-state index contributed by atoms with van der Waals surface area (Å²) in [5.41, 5.74) is 2.36. The van der Waals surface area contributed by atoms with E-state index in [0.717, 1.165) is 31.9 Å². The highest BCUT2D eigenvalue weighted by Gasteiger charge is 2.25. The van der Waals surface area contributed by atoms with E-state index in [1.165, 1.54) is 10.4 Å². The van der Waals surface area contributed by atoms with E-state index >= 15 is 0 Å². The molecule has 0 unspecified atom stereocenters. The van der Waals surface area contributed by atoms with E-state index in [4.69, 9.17) is 4.74 Å². The quantitative estimate of drug-likeness (QED) is 0.853. The van der Waals surface area contributed by atoms with Crippen molar-refractivity contribution in [1.29, 1.82) is 0 Å². The van der Waals surface area contributed by atoms with Crippen molar-refractivity contribution in [3.63, 3.8) is 0 Å². The molecule has 2 N–H and O–H groups in total. The lowest BCUT2D eigenvalue weighted by Crippen LogP contribution is -2.51. The Hall–Kier alpha value is -1.21. The maximum Gasteiger partial charge on any atom is 0.0794 e. The van der Waals surface area contributed by atoms with Gasteiger partial charge in [0.25, 0.3) is 0 Å². The number of hydrogen-bond acceptors (Lipinski definition) is 5. The first-order chi connectivity index (χ1) is 11.1. The first kappa shape index (κ1) is 16.6. The lowest BCUT2D eigenvalue weighted by molar-refractivity contribution is -0.0781. The van der Waals surface area contributed by atoms with E-state index in [1.54, 1.807) is 11.3 Å². The number of hydrogen-bond donors (Lipinski definition) is 2. The number of aromatic amines is 1. The molecule has 126 valence electrons. The van der Waals surface area contributed by atoms with Crippen molar-refractivity contribution in [1.82, 2.24) is 20.4 Å². The summed E-state index contributed by atoms with van der Waals surface area (Å²) in [5.74, 6) is 0. The van der Waals surface area contributed by atoms with Gasteiger partial charge in [0.2, 0.25) is 0 Å². The highest BCUT2D eigenvalue weighted by atomic mass is 32.1. The zero-order chi connectivity index (χ0) is 16.2. The molecule has 1 aliphatic rings. The van der Waals surface area contributed by atoms with Gasteiger partial charge in [0, 0.05) is 37.8 Å². The molecule has 1 fully saturated rings. The van der Waals surface area contributed by atoms with Crippen molar-refractivity contribution in [2.24, 2.45) is 0 Å². The molecule has 2 aromatic rings. The third kappa shape index (κ3) is 4.20. The Morgan fingerprint density at radius 2 is 2.22 bits per heavy atom. The Bertz CT molecular complexity index is 588. The molecule has 0 aromatic carbocycles. The Labute approximate surface area is 142 Å². The molecule has 2 aromatic heterocycles. The van der Waals surface area contributed by atoms with Gasteiger partial charge in [-0.3, -0.25) is 10.00 Å². The van der Waals surface area contributed by atoms with Crippen LogP contribution < -0.4 is 5.32 Å². The summed E-state index contributed by atoms with van der Waals surface area (Å²) in [5, 5.41) is 13.0. The number of nitrogens with zero attached hydrogens (tertiary/aromatic N) is 2. The Morgan fingerprint density at radius 3 is 2.91 bits per heavy atom. The molecular formula is C17H26N4OS. The maximum atomic E-state index is 5.81. The van der Waals surface area contributed by atoms with Gasteiger partial charge in [-0.25, -0.2) is 0 Å². The molecule has 0 spiro atoms. The van der Waals surface area contributed by atoms with Gasteiger partial charge in [-0.2, -0.15) is 5.10 Å². The zero-order valence-corrected chi connectivity index (χ0v) is 14.9. The summed E-state index contributed by atoms with van der Waals surface area (Å²) < 4.78 is 5.81. The molecule has 5 nitrogen and oxygen atoms in total. The topological polar surface area (TPSA) is 53.2 Å². The van der Waals surface area contributed by atoms with Gasteiger partial charge in [0.05, 0.1) is 29.0 Å². The maximum absolute atomic E-state index is 5.81. The van der Waals surface area contributed by atoms with Crippen molar-refractivity contribution in [2.45, 2.75) is 45.6 Å². The second-order valence-corrected chi connectivity index (χ2v) is 7.39. The van der Waals surface area contributed by atoms with Crippen LogP contribution in [-0.2, 0) is 11.3 Å². The van der Waals surface area contributed by atoms with Crippen LogP contribution in [0, 0.1) is 0 Å². The van der Waals surface area contributed by atoms with Gasteiger partial charge >= 0.3 is 0 Å². The number of morpholine rings is 1. The molecule has 3 atom stereocenters. The van der Waals surface area contributed by atoms with E-state index in [0.29, 0.717) is 18.2 Å². The monoisotopic (exact) mass is 334 g/mol. The summed E-state index contributed by atoms with van der Waals surface area (Å²) >= 11 is 1.74. The molecule has 23 heavy (non-hydrogen) atoms. The minimum atomic E-state index is 0.320. The average Bonchev–Trinajstić information content (AvgIpc) is 3.16. The van der Waals surface area contributed by atoms with Gasteiger partial charge < -0.3 is 10.1 Å². The highest BCUT2D eigenvalue weighted by Crippen LogP contribution is 2.25. The number of nitrogens with one attached hydrogen (secondary N) is 2. The highest BCUT2D eigenvalue weighted by molar-refractivity contribution is 7.13. The smallest absolute Gasteiger partial charge is 0.0794 e. The van der Waals surface area contributed by atoms with Crippen LogP contribution in [-0.4, -0.2) is 53.0 Å². The number of rotatable bonds is 6. The van der Waals surface area contributed by atoms with Crippen LogP contribution in [0.3, 0.4) is 0 Å². The summed E-state index contributed by atoms with van der Waals surface area (Å²) in [4.78, 5) is 3.75. The minimum absolute atomic E-state index is 0.320. The Balaban J connectivity index is 1.51. The van der Waals surface area contributed by atoms with Gasteiger partial charge in [-0.05, 0) is 32.2 Å². The molecule has 1 saturated heterocycles. The normalized spacial score (nSPS) is 24.0. The SMILES string of the molecule is C[C@@H]1CN([C@@H](C)CNCc2cn[nH]c2-c2cccs2)C[C@H](C)O1. The van der Waals surface area contributed by atoms with Crippen molar-refractivity contribution in [3.05, 3.63) is 29.3 Å². The van der Waals surface area contributed by atoms with Crippen molar-refractivity contribution in [3.8, 4) is 10.6 Å². The molecule has 0 radical (unpaired) electrons. The minimum Gasteiger partial charge on any atom is -0.373 e. The predicted octanol–water partition coefficient (Wildman–Crippen LogP) is 2.73. The molecular weight excluding hydrogens is 308 g/mol. The van der Waals surface area contributed by atoms with E-state index in [1.807, 2.05) is 6.20 Å². The first-order valence-electron chi connectivity index (χ1n) is 8.30. The number of thiophene rings is 1. The Kier molecular flexibility index (Phi) is 5.48. The van der Waals surface area contributed by atoms with Crippen LogP contribution in [0.2, 0.25) is 0 Å². The number of ether oxygens (including phenoxy) is 1. The standard InChI is InChI=1S/C17H26N4OS/c1-12(21-10-13(2)22-14(3)11-21)7-18-8-15-9-19-20-17(15)16-5-4-6-23-16/h4-6,9,12-14,18H,7-8,10-11H2,1-3H3,(H,19,20)/t12-,13-,14+/m0/s1. The number of H-pyrrole nitrogens is 1. The lowest BCUT2D eigenvalue weighted by atomic mass is 10.1. The molecule has 6 heteroatoms. The fraction of sp³-hybridized carbons (Fsp3) is 0.588. The first-order valence-corrected chi connectivity index (χ1v) is 9.17. The van der Waals surface area contributed by atoms with Crippen LogP contribution in [0.25, 0.3) is 10.6 Å². The summed E-state index contributed by atoms with van der Waals surface area (Å²) in [6.45, 7) is 10.4. The van der Waals surface area contributed by atoms with Gasteiger partial charge in [-0.1, -0.05) is 6.07 Å². The van der Waals surface area contributed by atoms with Crippen molar-refractivity contribution < 1.29 is 4.74 Å². The van der Waals surface area contributed by atoms with Crippen molar-refractivity contribution >= 4 is 11.3 Å². The molecule has 1 aliphatic heterocycles. The summed E-state index contributed by atoms with van der Waals surface area (Å²) in [6, 6.07) is 4.70. The zero-order valence-electron chi connectivity index (χ0n) is 14.1. The molecule has 3 heterocycles. The van der Waals surface area contributed by atoms with Crippen molar-refractivity contribution in [2.75, 3.05) is 19.6 Å². The van der Waals surface area contributed by atoms with Crippen LogP contribution in [0.1, 0.15) is 26.3 Å². The average molecular weight is 334 g/mol. The van der Waals surface area contributed by atoms with Gasteiger partial charge in [0.1, 0.15) is 0 Å². The molecule has 0 aliphatic carbocycles. The molecule has 0 bridgehead atoms. The second kappa shape index (κ2) is 7.57. The van der Waals surface area contributed by atoms with Gasteiger partial charge in [-0.15, -0.1) is 11.3 Å². The molecule has 3 rings (SSSR count). The lowest BCUT2D eigenvalue weighted by Gasteiger charge is -2.39. The molecule has 0 amide bonds. The summed E-state index contributed by atoms with van der Waals surface area (Å²) in [7, 11) is 0. The largest absolute Gasteiger partial charge is 0.373 e. The Morgan fingerprint density at radius 1 is 1.43 bits per heavy atom.